The second-order valence-electron chi connectivity index (χ2n) is 4.98. The van der Waals surface area contributed by atoms with Crippen LogP contribution in [0.2, 0.25) is 0 Å². The SMILES string of the molecule is O=C(/C(CO)=[P+](\[O-])Cc1ccccc1)P(O)Cc1ccccc1.[Na].[Na]. The van der Waals surface area contributed by atoms with Crippen LogP contribution in [0.3, 0.4) is 0 Å². The van der Waals surface area contributed by atoms with E-state index < -0.39 is 28.1 Å². The van der Waals surface area contributed by atoms with Crippen LogP contribution in [0.4, 0.5) is 0 Å². The van der Waals surface area contributed by atoms with E-state index >= 15 is 0 Å². The molecule has 2 rings (SSSR count). The third-order valence-corrected chi connectivity index (χ3v) is 6.46. The van der Waals surface area contributed by atoms with E-state index in [1.165, 1.54) is 0 Å². The number of benzene rings is 2. The molecule has 2 atom stereocenters. The number of aliphatic hydroxyl groups is 1. The zero-order valence-corrected chi connectivity index (χ0v) is 20.3. The van der Waals surface area contributed by atoms with Crippen molar-refractivity contribution in [2.24, 2.45) is 0 Å². The van der Waals surface area contributed by atoms with Crippen LogP contribution in [0.1, 0.15) is 11.1 Å². The molecule has 0 aromatic heterocycles. The van der Waals surface area contributed by atoms with Crippen molar-refractivity contribution in [3.63, 3.8) is 0 Å². The summed E-state index contributed by atoms with van der Waals surface area (Å²) in [5.74, 6) is 0. The van der Waals surface area contributed by atoms with Crippen LogP contribution in [0.25, 0.3) is 0 Å². The number of hydrogen-bond acceptors (Lipinski definition) is 4. The van der Waals surface area contributed by atoms with Crippen molar-refractivity contribution in [3.05, 3.63) is 71.8 Å². The van der Waals surface area contributed by atoms with Gasteiger partial charge in [0.15, 0.2) is 5.29 Å². The van der Waals surface area contributed by atoms with Gasteiger partial charge in [-0.1, -0.05) is 60.7 Å². The second kappa shape index (κ2) is 13.7. The maximum Gasteiger partial charge on any atom is 0.250 e. The van der Waals surface area contributed by atoms with E-state index in [4.69, 9.17) is 0 Å². The third-order valence-electron chi connectivity index (χ3n) is 3.28. The molecule has 0 bridgehead atoms. The van der Waals surface area contributed by atoms with Crippen molar-refractivity contribution < 1.29 is 19.7 Å². The minimum absolute atomic E-state index is 0. The molecule has 0 amide bonds. The molecule has 2 radical (unpaired) electrons. The van der Waals surface area contributed by atoms with Gasteiger partial charge in [-0.25, -0.2) is 0 Å². The van der Waals surface area contributed by atoms with Gasteiger partial charge in [-0.2, -0.15) is 0 Å². The van der Waals surface area contributed by atoms with E-state index in [9.17, 15) is 19.7 Å². The van der Waals surface area contributed by atoms with Crippen molar-refractivity contribution in [2.45, 2.75) is 12.3 Å². The summed E-state index contributed by atoms with van der Waals surface area (Å²) in [5.41, 5.74) is 1.09. The van der Waals surface area contributed by atoms with E-state index in [1.807, 2.05) is 60.7 Å². The van der Waals surface area contributed by atoms with Crippen LogP contribution in [0.15, 0.2) is 60.7 Å². The molecule has 4 nitrogen and oxygen atoms in total. The molecule has 0 aliphatic carbocycles. The Morgan fingerprint density at radius 1 is 0.960 bits per heavy atom. The molecule has 0 heterocycles. The maximum absolute atomic E-state index is 12.4. The van der Waals surface area contributed by atoms with E-state index in [1.54, 1.807) is 0 Å². The molecule has 122 valence electrons. The molecule has 0 fully saturated rings. The Morgan fingerprint density at radius 2 is 1.44 bits per heavy atom. The molecule has 2 aromatic rings. The predicted octanol–water partition coefficient (Wildman–Crippen LogP) is 1.46. The molecule has 2 N–H and O–H groups in total. The maximum atomic E-state index is 12.4. The molecule has 0 saturated carbocycles. The minimum atomic E-state index is -2.04. The first-order valence-corrected chi connectivity index (χ1v) is 10.0. The van der Waals surface area contributed by atoms with E-state index in [2.05, 4.69) is 0 Å². The number of rotatable bonds is 7. The molecule has 8 heteroatoms. The summed E-state index contributed by atoms with van der Waals surface area (Å²) in [6.45, 7) is -0.588. The topological polar surface area (TPSA) is 80.6 Å². The summed E-state index contributed by atoms with van der Waals surface area (Å²) in [4.78, 5) is 34.8. The summed E-state index contributed by atoms with van der Waals surface area (Å²) in [6.07, 6.45) is 0.388. The van der Waals surface area contributed by atoms with Crippen LogP contribution in [-0.4, -0.2) is 86.5 Å². The van der Waals surface area contributed by atoms with E-state index in [0.717, 1.165) is 11.1 Å². The number of hydrogen-bond donors (Lipinski definition) is 2. The van der Waals surface area contributed by atoms with Gasteiger partial charge in [-0.3, -0.25) is 4.79 Å². The fourth-order valence-corrected chi connectivity index (χ4v) is 4.93. The Bertz CT molecular complexity index is 682. The van der Waals surface area contributed by atoms with Crippen molar-refractivity contribution in [1.29, 1.82) is 0 Å². The van der Waals surface area contributed by atoms with E-state index in [-0.39, 0.29) is 76.7 Å². The number of carbonyl (C=O) groups is 1. The van der Waals surface area contributed by atoms with E-state index in [0.29, 0.717) is 0 Å². The summed E-state index contributed by atoms with van der Waals surface area (Å²) >= 11 is 0. The molecular formula is C17H18Na2O4P2. The zero-order chi connectivity index (χ0) is 16.7. The van der Waals surface area contributed by atoms with Crippen LogP contribution < -0.4 is 4.89 Å². The zero-order valence-electron chi connectivity index (χ0n) is 14.5. The van der Waals surface area contributed by atoms with Gasteiger partial charge in [0.1, 0.15) is 20.9 Å². The average Bonchev–Trinajstić information content (AvgIpc) is 2.57. The molecule has 2 aromatic carbocycles. The van der Waals surface area contributed by atoms with Gasteiger partial charge in [0, 0.05) is 65.3 Å². The largest absolute Gasteiger partial charge is 0.630 e. The van der Waals surface area contributed by atoms with Gasteiger partial charge in [-0.05, 0) is 11.1 Å². The van der Waals surface area contributed by atoms with Crippen LogP contribution in [-0.2, 0) is 17.1 Å². The van der Waals surface area contributed by atoms with Crippen LogP contribution >= 0.6 is 15.9 Å². The molecular weight excluding hydrogens is 376 g/mol. The third kappa shape index (κ3) is 8.43. The quantitative estimate of drug-likeness (QED) is 0.551. The minimum Gasteiger partial charge on any atom is -0.630 e. The number of aliphatic hydroxyl groups excluding tert-OH is 1. The summed E-state index contributed by atoms with van der Waals surface area (Å²) < 4.78 is 0. The fourth-order valence-electron chi connectivity index (χ4n) is 2.07. The Morgan fingerprint density at radius 3 is 1.92 bits per heavy atom. The van der Waals surface area contributed by atoms with Crippen molar-refractivity contribution in [3.8, 4) is 0 Å². The second-order valence-corrected chi connectivity index (χ2v) is 8.11. The normalized spacial score (nSPS) is 12.3. The monoisotopic (exact) mass is 394 g/mol. The first kappa shape index (κ1) is 25.6. The summed E-state index contributed by atoms with van der Waals surface area (Å²) in [6, 6.07) is 18.3. The van der Waals surface area contributed by atoms with Crippen molar-refractivity contribution in [1.82, 2.24) is 0 Å². The van der Waals surface area contributed by atoms with Gasteiger partial charge >= 0.3 is 0 Å². The standard InChI is InChI=1S/C17H18O4P2.2Na/c18-11-16(22(20)12-14-7-3-1-4-8-14)17(19)23(21)13-15-9-5-2-6-10-15;;/h1-10,18,21H,11-13H2;;. The average molecular weight is 394 g/mol. The number of carbonyl (C=O) groups excluding carboxylic acids is 1. The molecule has 25 heavy (non-hydrogen) atoms. The van der Waals surface area contributed by atoms with Crippen molar-refractivity contribution >= 4 is 85.9 Å². The molecule has 2 unspecified atom stereocenters. The first-order valence-electron chi connectivity index (χ1n) is 7.11. The van der Waals surface area contributed by atoms with Crippen LogP contribution in [0, 0.1) is 0 Å². The molecule has 0 aliphatic rings. The molecule has 0 aliphatic heterocycles. The fraction of sp³-hybridized carbons (Fsp3) is 0.176. The Labute approximate surface area is 194 Å². The van der Waals surface area contributed by atoms with Gasteiger partial charge in [0.2, 0.25) is 0 Å². The molecule has 0 spiro atoms. The molecule has 0 saturated heterocycles. The Balaban J connectivity index is 0.00000288. The summed E-state index contributed by atoms with van der Waals surface area (Å²) in [5, 5.41) is 9.34. The first-order chi connectivity index (χ1) is 11.1. The van der Waals surface area contributed by atoms with Gasteiger partial charge in [0.25, 0.3) is 5.52 Å². The van der Waals surface area contributed by atoms with Gasteiger partial charge in [-0.15, -0.1) is 0 Å². The summed E-state index contributed by atoms with van der Waals surface area (Å²) in [7, 11) is -4.03. The van der Waals surface area contributed by atoms with Gasteiger partial charge in [0.05, 0.1) is 7.77 Å². The van der Waals surface area contributed by atoms with Crippen molar-refractivity contribution in [2.75, 3.05) is 6.61 Å². The Kier molecular flexibility index (Phi) is 14.0. The smallest absolute Gasteiger partial charge is 0.250 e. The van der Waals surface area contributed by atoms with Crippen LogP contribution in [0.5, 0.6) is 0 Å². The predicted molar refractivity (Wildman–Crippen MR) is 105 cm³/mol. The van der Waals surface area contributed by atoms with Gasteiger partial charge < -0.3 is 14.9 Å². The Hall–Kier alpha value is 0.590.